The predicted molar refractivity (Wildman–Crippen MR) is 91.5 cm³/mol. The summed E-state index contributed by atoms with van der Waals surface area (Å²) in [5.41, 5.74) is 10.4. The molecule has 0 radical (unpaired) electrons. The van der Waals surface area contributed by atoms with Crippen LogP contribution < -0.4 is 5.73 Å². The molecule has 1 aromatic carbocycles. The molecule has 2 atom stereocenters. The molecular formula is C19H32N2. The van der Waals surface area contributed by atoms with Gasteiger partial charge in [-0.2, -0.15) is 0 Å². The van der Waals surface area contributed by atoms with E-state index in [0.29, 0.717) is 0 Å². The molecule has 2 unspecified atom stereocenters. The first-order valence-electron chi connectivity index (χ1n) is 8.65. The van der Waals surface area contributed by atoms with E-state index in [1.54, 1.807) is 0 Å². The van der Waals surface area contributed by atoms with Crippen molar-refractivity contribution in [3.63, 3.8) is 0 Å². The third-order valence-corrected chi connectivity index (χ3v) is 4.92. The van der Waals surface area contributed by atoms with Crippen molar-refractivity contribution >= 4 is 0 Å². The molecule has 21 heavy (non-hydrogen) atoms. The van der Waals surface area contributed by atoms with Crippen LogP contribution in [-0.4, -0.2) is 24.5 Å². The maximum absolute atomic E-state index is 6.48. The van der Waals surface area contributed by atoms with Crippen molar-refractivity contribution in [1.82, 2.24) is 4.90 Å². The minimum atomic E-state index is 0.147. The Morgan fingerprint density at radius 3 is 2.76 bits per heavy atom. The summed E-state index contributed by atoms with van der Waals surface area (Å²) in [4.78, 5) is 2.58. The van der Waals surface area contributed by atoms with Crippen LogP contribution in [0.3, 0.4) is 0 Å². The van der Waals surface area contributed by atoms with Crippen LogP contribution in [0.25, 0.3) is 0 Å². The Bertz CT molecular complexity index is 441. The normalized spacial score (nSPS) is 22.0. The van der Waals surface area contributed by atoms with Crippen molar-refractivity contribution in [1.29, 1.82) is 0 Å². The van der Waals surface area contributed by atoms with Gasteiger partial charge in [0.1, 0.15) is 0 Å². The fraction of sp³-hybridized carbons (Fsp3) is 0.684. The summed E-state index contributed by atoms with van der Waals surface area (Å²) in [5, 5.41) is 0. The van der Waals surface area contributed by atoms with Gasteiger partial charge >= 0.3 is 0 Å². The first-order chi connectivity index (χ1) is 10.1. The quantitative estimate of drug-likeness (QED) is 0.879. The van der Waals surface area contributed by atoms with E-state index in [9.17, 15) is 0 Å². The van der Waals surface area contributed by atoms with Gasteiger partial charge in [0.05, 0.1) is 0 Å². The summed E-state index contributed by atoms with van der Waals surface area (Å²) < 4.78 is 0. The Morgan fingerprint density at radius 1 is 1.24 bits per heavy atom. The Hall–Kier alpha value is -0.860. The maximum atomic E-state index is 6.48. The Labute approximate surface area is 130 Å². The monoisotopic (exact) mass is 288 g/mol. The Kier molecular flexibility index (Phi) is 6.25. The molecule has 1 heterocycles. The zero-order valence-electron chi connectivity index (χ0n) is 14.1. The number of hydrogen-bond donors (Lipinski definition) is 1. The molecule has 1 aliphatic heterocycles. The molecule has 1 aliphatic rings. The molecule has 0 amide bonds. The van der Waals surface area contributed by atoms with E-state index in [1.807, 2.05) is 0 Å². The second kappa shape index (κ2) is 7.95. The third kappa shape index (κ3) is 4.82. The molecule has 118 valence electrons. The summed E-state index contributed by atoms with van der Waals surface area (Å²) in [6.45, 7) is 10.1. The highest BCUT2D eigenvalue weighted by atomic mass is 15.1. The summed E-state index contributed by atoms with van der Waals surface area (Å²) in [5.74, 6) is 0.942. The van der Waals surface area contributed by atoms with Gasteiger partial charge in [-0.05, 0) is 63.2 Å². The van der Waals surface area contributed by atoms with Crippen LogP contribution >= 0.6 is 0 Å². The fourth-order valence-corrected chi connectivity index (χ4v) is 3.72. The predicted octanol–water partition coefficient (Wildman–Crippen LogP) is 4.21. The summed E-state index contributed by atoms with van der Waals surface area (Å²) in [6, 6.07) is 6.79. The summed E-state index contributed by atoms with van der Waals surface area (Å²) in [7, 11) is 0. The standard InChI is InChI=1S/C19H32N2/c1-4-6-17-7-5-11-21(12-10-17)14-19(20)18-9-8-15(2)13-16(18)3/h8-9,13,17,19H,4-7,10-12,14,20H2,1-3H3. The molecule has 2 N–H and O–H groups in total. The molecule has 0 saturated carbocycles. The SMILES string of the molecule is CCCC1CCCN(CC(N)c2ccc(C)cc2C)CC1. The Morgan fingerprint density at radius 2 is 2.05 bits per heavy atom. The molecule has 2 rings (SSSR count). The lowest BCUT2D eigenvalue weighted by atomic mass is 9.96. The van der Waals surface area contributed by atoms with Crippen LogP contribution in [0, 0.1) is 19.8 Å². The zero-order chi connectivity index (χ0) is 15.2. The molecule has 0 aromatic heterocycles. The molecule has 0 bridgehead atoms. The molecule has 1 fully saturated rings. The van der Waals surface area contributed by atoms with Crippen molar-refractivity contribution in [2.24, 2.45) is 11.7 Å². The van der Waals surface area contributed by atoms with Crippen LogP contribution in [-0.2, 0) is 0 Å². The molecular weight excluding hydrogens is 256 g/mol. The number of benzene rings is 1. The van der Waals surface area contributed by atoms with E-state index in [-0.39, 0.29) is 6.04 Å². The minimum Gasteiger partial charge on any atom is -0.323 e. The van der Waals surface area contributed by atoms with Gasteiger partial charge < -0.3 is 10.6 Å². The van der Waals surface area contributed by atoms with Crippen LogP contribution in [0.1, 0.15) is 61.8 Å². The van der Waals surface area contributed by atoms with Crippen molar-refractivity contribution in [3.8, 4) is 0 Å². The van der Waals surface area contributed by atoms with Crippen molar-refractivity contribution in [2.75, 3.05) is 19.6 Å². The van der Waals surface area contributed by atoms with Crippen LogP contribution in [0.4, 0.5) is 0 Å². The highest BCUT2D eigenvalue weighted by Crippen LogP contribution is 2.24. The lowest BCUT2D eigenvalue weighted by Gasteiger charge is -2.25. The van der Waals surface area contributed by atoms with Crippen LogP contribution in [0.5, 0.6) is 0 Å². The van der Waals surface area contributed by atoms with Crippen molar-refractivity contribution < 1.29 is 0 Å². The van der Waals surface area contributed by atoms with Gasteiger partial charge in [-0.15, -0.1) is 0 Å². The van der Waals surface area contributed by atoms with E-state index in [4.69, 9.17) is 5.73 Å². The number of hydrogen-bond acceptors (Lipinski definition) is 2. The second-order valence-corrected chi connectivity index (χ2v) is 6.85. The minimum absolute atomic E-state index is 0.147. The lowest BCUT2D eigenvalue weighted by molar-refractivity contribution is 0.262. The van der Waals surface area contributed by atoms with Crippen LogP contribution in [0.2, 0.25) is 0 Å². The molecule has 2 nitrogen and oxygen atoms in total. The van der Waals surface area contributed by atoms with E-state index in [0.717, 1.165) is 12.5 Å². The second-order valence-electron chi connectivity index (χ2n) is 6.85. The average molecular weight is 288 g/mol. The average Bonchev–Trinajstić information content (AvgIpc) is 2.65. The number of nitrogens with two attached hydrogens (primary N) is 1. The first kappa shape index (κ1) is 16.5. The highest BCUT2D eigenvalue weighted by Gasteiger charge is 2.19. The van der Waals surface area contributed by atoms with Gasteiger partial charge in [0, 0.05) is 12.6 Å². The molecule has 1 saturated heterocycles. The highest BCUT2D eigenvalue weighted by molar-refractivity contribution is 5.32. The van der Waals surface area contributed by atoms with Gasteiger partial charge in [-0.25, -0.2) is 0 Å². The smallest absolute Gasteiger partial charge is 0.0426 e. The number of aryl methyl sites for hydroxylation is 2. The van der Waals surface area contributed by atoms with Gasteiger partial charge in [0.25, 0.3) is 0 Å². The zero-order valence-corrected chi connectivity index (χ0v) is 14.1. The topological polar surface area (TPSA) is 29.3 Å². The molecule has 2 heteroatoms. The molecule has 0 spiro atoms. The van der Waals surface area contributed by atoms with Gasteiger partial charge in [0.15, 0.2) is 0 Å². The lowest BCUT2D eigenvalue weighted by Crippen LogP contribution is -2.33. The van der Waals surface area contributed by atoms with E-state index >= 15 is 0 Å². The van der Waals surface area contributed by atoms with Crippen molar-refractivity contribution in [2.45, 2.75) is 58.9 Å². The van der Waals surface area contributed by atoms with E-state index < -0.39 is 0 Å². The van der Waals surface area contributed by atoms with E-state index in [1.165, 1.54) is 61.9 Å². The fourth-order valence-electron chi connectivity index (χ4n) is 3.72. The Balaban J connectivity index is 1.91. The maximum Gasteiger partial charge on any atom is 0.0426 e. The third-order valence-electron chi connectivity index (χ3n) is 4.92. The van der Waals surface area contributed by atoms with E-state index in [2.05, 4.69) is 43.9 Å². The molecule has 1 aromatic rings. The number of nitrogens with zero attached hydrogens (tertiary/aromatic N) is 1. The number of rotatable bonds is 5. The summed E-state index contributed by atoms with van der Waals surface area (Å²) in [6.07, 6.45) is 6.82. The van der Waals surface area contributed by atoms with Gasteiger partial charge in [-0.1, -0.05) is 43.5 Å². The first-order valence-corrected chi connectivity index (χ1v) is 8.65. The van der Waals surface area contributed by atoms with Crippen molar-refractivity contribution in [3.05, 3.63) is 34.9 Å². The molecule has 0 aliphatic carbocycles. The largest absolute Gasteiger partial charge is 0.323 e. The summed E-state index contributed by atoms with van der Waals surface area (Å²) >= 11 is 0. The van der Waals surface area contributed by atoms with Gasteiger partial charge in [-0.3, -0.25) is 0 Å². The number of likely N-dealkylation sites (tertiary alicyclic amines) is 1. The van der Waals surface area contributed by atoms with Gasteiger partial charge in [0.2, 0.25) is 0 Å². The van der Waals surface area contributed by atoms with Crippen LogP contribution in [0.15, 0.2) is 18.2 Å².